The van der Waals surface area contributed by atoms with Crippen LogP contribution in [0.3, 0.4) is 0 Å². The molecule has 146 valence electrons. The largest absolute Gasteiger partial charge is 0.457 e. The Morgan fingerprint density at radius 3 is 2.14 bits per heavy atom. The van der Waals surface area contributed by atoms with Gasteiger partial charge in [0.05, 0.1) is 17.2 Å². The molecule has 0 aliphatic rings. The van der Waals surface area contributed by atoms with Gasteiger partial charge < -0.3 is 20.9 Å². The molecule has 0 bridgehead atoms. The van der Waals surface area contributed by atoms with E-state index in [1.54, 1.807) is 55.5 Å². The number of guanidine groups is 1. The Morgan fingerprint density at radius 1 is 1.00 bits per heavy atom. The van der Waals surface area contributed by atoms with Gasteiger partial charge >= 0.3 is 11.9 Å². The van der Waals surface area contributed by atoms with Crippen molar-refractivity contribution in [1.29, 1.82) is 0 Å². The number of carbonyl (C=O) groups excluding carboxylic acids is 3. The maximum absolute atomic E-state index is 12.2. The molecule has 1 atom stereocenters. The van der Waals surface area contributed by atoms with Crippen LogP contribution in [0.1, 0.15) is 35.7 Å². The van der Waals surface area contributed by atoms with Gasteiger partial charge in [-0.15, -0.1) is 0 Å². The van der Waals surface area contributed by atoms with Crippen LogP contribution < -0.4 is 16.2 Å². The molecule has 0 spiro atoms. The Hall–Kier alpha value is -3.68. The van der Waals surface area contributed by atoms with Crippen LogP contribution in [0, 0.1) is 0 Å². The number of esters is 2. The molecule has 4 N–H and O–H groups in total. The quantitative estimate of drug-likeness (QED) is 0.323. The standard InChI is InChI=1S/C20H21N3O5/c1-12(24)11-27-18(25)13(2)14-5-9-17(10-6-14)28-19(26)15-3-7-16(8-4-15)23-20(21)22/h3-10,13H,11H2,1-2H3,(H4,21,22,23)/t13-/m0/s1. The van der Waals surface area contributed by atoms with Crippen LogP contribution >= 0.6 is 0 Å². The molecule has 8 nitrogen and oxygen atoms in total. The molecule has 0 saturated carbocycles. The molecule has 0 aliphatic heterocycles. The first-order valence-corrected chi connectivity index (χ1v) is 8.44. The number of Topliss-reactive ketones (excluding diaryl/α,β-unsaturated/α-hetero) is 1. The second-order valence-electron chi connectivity index (χ2n) is 6.07. The summed E-state index contributed by atoms with van der Waals surface area (Å²) in [7, 11) is 0. The van der Waals surface area contributed by atoms with Gasteiger partial charge in [0.15, 0.2) is 11.7 Å². The molecule has 0 radical (unpaired) electrons. The normalized spacial score (nSPS) is 11.2. The van der Waals surface area contributed by atoms with Crippen LogP contribution in [-0.4, -0.2) is 30.3 Å². The molecule has 0 aromatic heterocycles. The van der Waals surface area contributed by atoms with Crippen molar-refractivity contribution in [2.45, 2.75) is 19.8 Å². The van der Waals surface area contributed by atoms with Crippen molar-refractivity contribution in [2.75, 3.05) is 6.61 Å². The van der Waals surface area contributed by atoms with Gasteiger partial charge in [0.1, 0.15) is 12.4 Å². The number of hydrogen-bond donors (Lipinski definition) is 2. The number of benzene rings is 2. The Kier molecular flexibility index (Phi) is 6.86. The van der Waals surface area contributed by atoms with E-state index >= 15 is 0 Å². The van der Waals surface area contributed by atoms with Gasteiger partial charge in [-0.25, -0.2) is 9.79 Å². The Labute approximate surface area is 162 Å². The molecule has 0 heterocycles. The number of rotatable bonds is 7. The summed E-state index contributed by atoms with van der Waals surface area (Å²) in [6.07, 6.45) is 0. The average Bonchev–Trinajstić information content (AvgIpc) is 2.66. The minimum atomic E-state index is -0.549. The summed E-state index contributed by atoms with van der Waals surface area (Å²) in [6.45, 7) is 2.76. The maximum Gasteiger partial charge on any atom is 0.343 e. The second-order valence-corrected chi connectivity index (χ2v) is 6.07. The van der Waals surface area contributed by atoms with Crippen LogP contribution in [-0.2, 0) is 14.3 Å². The van der Waals surface area contributed by atoms with E-state index < -0.39 is 17.9 Å². The SMILES string of the molecule is CC(=O)COC(=O)[C@@H](C)c1ccc(OC(=O)c2ccc(N=C(N)N)cc2)cc1. The number of aliphatic imine (C=N–C) groups is 1. The highest BCUT2D eigenvalue weighted by atomic mass is 16.5. The fraction of sp³-hybridized carbons (Fsp3) is 0.200. The van der Waals surface area contributed by atoms with Crippen LogP contribution in [0.5, 0.6) is 5.75 Å². The highest BCUT2D eigenvalue weighted by molar-refractivity contribution is 5.91. The molecule has 28 heavy (non-hydrogen) atoms. The number of ether oxygens (including phenoxy) is 2. The number of nitrogens with two attached hydrogens (primary N) is 2. The van der Waals surface area contributed by atoms with E-state index in [4.69, 9.17) is 20.9 Å². The molecule has 0 aliphatic carbocycles. The van der Waals surface area contributed by atoms with Gasteiger partial charge in [-0.3, -0.25) is 9.59 Å². The molecule has 2 aromatic carbocycles. The fourth-order valence-corrected chi connectivity index (χ4v) is 2.25. The summed E-state index contributed by atoms with van der Waals surface area (Å²) in [5.74, 6) is -1.57. The number of hydrogen-bond acceptors (Lipinski definition) is 6. The lowest BCUT2D eigenvalue weighted by Crippen LogP contribution is -2.21. The fourth-order valence-electron chi connectivity index (χ4n) is 2.25. The maximum atomic E-state index is 12.2. The van der Waals surface area contributed by atoms with Gasteiger partial charge in [0.2, 0.25) is 0 Å². The van der Waals surface area contributed by atoms with Gasteiger partial charge in [-0.2, -0.15) is 0 Å². The predicted molar refractivity (Wildman–Crippen MR) is 103 cm³/mol. The highest BCUT2D eigenvalue weighted by Crippen LogP contribution is 2.21. The molecule has 0 fully saturated rings. The number of ketones is 1. The van der Waals surface area contributed by atoms with E-state index in [9.17, 15) is 14.4 Å². The molecule has 2 rings (SSSR count). The van der Waals surface area contributed by atoms with E-state index in [0.717, 1.165) is 0 Å². The van der Waals surface area contributed by atoms with Gasteiger partial charge in [-0.1, -0.05) is 12.1 Å². The molecule has 8 heteroatoms. The Bertz CT molecular complexity index is 885. The van der Waals surface area contributed by atoms with Gasteiger partial charge in [0.25, 0.3) is 0 Å². The van der Waals surface area contributed by atoms with Crippen molar-refractivity contribution < 1.29 is 23.9 Å². The molecular weight excluding hydrogens is 362 g/mol. The molecule has 0 unspecified atom stereocenters. The molecule has 2 aromatic rings. The van der Waals surface area contributed by atoms with Crippen LogP contribution in [0.15, 0.2) is 53.5 Å². The zero-order valence-electron chi connectivity index (χ0n) is 15.5. The van der Waals surface area contributed by atoms with Crippen molar-refractivity contribution in [3.8, 4) is 5.75 Å². The van der Waals surface area contributed by atoms with Crippen molar-refractivity contribution in [2.24, 2.45) is 16.5 Å². The summed E-state index contributed by atoms with van der Waals surface area (Å²) < 4.78 is 10.2. The van der Waals surface area contributed by atoms with Gasteiger partial charge in [0, 0.05) is 0 Å². The zero-order valence-corrected chi connectivity index (χ0v) is 15.5. The lowest BCUT2D eigenvalue weighted by molar-refractivity contribution is -0.148. The minimum absolute atomic E-state index is 0.0742. The van der Waals surface area contributed by atoms with Crippen molar-refractivity contribution in [3.63, 3.8) is 0 Å². The van der Waals surface area contributed by atoms with Crippen molar-refractivity contribution >= 4 is 29.4 Å². The van der Waals surface area contributed by atoms with E-state index in [1.165, 1.54) is 6.92 Å². The summed E-state index contributed by atoms with van der Waals surface area (Å²) >= 11 is 0. The summed E-state index contributed by atoms with van der Waals surface area (Å²) in [6, 6.07) is 12.7. The summed E-state index contributed by atoms with van der Waals surface area (Å²) in [5, 5.41) is 0. The Balaban J connectivity index is 1.99. The van der Waals surface area contributed by atoms with Crippen LogP contribution in [0.4, 0.5) is 5.69 Å². The van der Waals surface area contributed by atoms with Gasteiger partial charge in [-0.05, 0) is 55.8 Å². The summed E-state index contributed by atoms with van der Waals surface area (Å²) in [4.78, 5) is 38.9. The smallest absolute Gasteiger partial charge is 0.343 e. The van der Waals surface area contributed by atoms with E-state index in [0.29, 0.717) is 22.6 Å². The van der Waals surface area contributed by atoms with Crippen molar-refractivity contribution in [3.05, 3.63) is 59.7 Å². The van der Waals surface area contributed by atoms with E-state index in [1.807, 2.05) is 0 Å². The van der Waals surface area contributed by atoms with Crippen LogP contribution in [0.25, 0.3) is 0 Å². The molecular formula is C20H21N3O5. The lowest BCUT2D eigenvalue weighted by Gasteiger charge is -2.12. The molecule has 0 amide bonds. The third kappa shape index (κ3) is 5.94. The third-order valence-corrected chi connectivity index (χ3v) is 3.72. The first-order valence-electron chi connectivity index (χ1n) is 8.44. The zero-order chi connectivity index (χ0) is 20.7. The van der Waals surface area contributed by atoms with Crippen LogP contribution in [0.2, 0.25) is 0 Å². The second kappa shape index (κ2) is 9.31. The van der Waals surface area contributed by atoms with E-state index in [-0.39, 0.29) is 18.3 Å². The number of nitrogens with zero attached hydrogens (tertiary/aromatic N) is 1. The number of carbonyl (C=O) groups is 3. The first-order chi connectivity index (χ1) is 13.3. The Morgan fingerprint density at radius 2 is 1.61 bits per heavy atom. The van der Waals surface area contributed by atoms with Crippen molar-refractivity contribution in [1.82, 2.24) is 0 Å². The lowest BCUT2D eigenvalue weighted by atomic mass is 10.0. The minimum Gasteiger partial charge on any atom is -0.457 e. The highest BCUT2D eigenvalue weighted by Gasteiger charge is 2.18. The van der Waals surface area contributed by atoms with E-state index in [2.05, 4.69) is 4.99 Å². The summed E-state index contributed by atoms with van der Waals surface area (Å²) in [5.41, 5.74) is 12.1. The third-order valence-electron chi connectivity index (χ3n) is 3.72. The monoisotopic (exact) mass is 383 g/mol. The predicted octanol–water partition coefficient (Wildman–Crippen LogP) is 2.05. The topological polar surface area (TPSA) is 134 Å². The molecule has 0 saturated heterocycles. The average molecular weight is 383 g/mol. The first kappa shape index (κ1) is 20.6.